The lowest BCUT2D eigenvalue weighted by Gasteiger charge is -2.32. The van der Waals surface area contributed by atoms with Gasteiger partial charge in [-0.2, -0.15) is 4.31 Å². The van der Waals surface area contributed by atoms with Gasteiger partial charge < -0.3 is 10.2 Å². The Kier molecular flexibility index (Phi) is 7.33. The number of rotatable bonds is 7. The summed E-state index contributed by atoms with van der Waals surface area (Å²) < 4.78 is 27.5. The molecule has 3 rings (SSSR count). The van der Waals surface area contributed by atoms with Gasteiger partial charge in [-0.25, -0.2) is 13.4 Å². The molecule has 2 aromatic rings. The first-order valence-corrected chi connectivity index (χ1v) is 12.2. The predicted molar refractivity (Wildman–Crippen MR) is 124 cm³/mol. The minimum Gasteiger partial charge on any atom is -0.357 e. The molecule has 0 atom stereocenters. The van der Waals surface area contributed by atoms with Crippen molar-refractivity contribution >= 4 is 27.4 Å². The van der Waals surface area contributed by atoms with Crippen LogP contribution in [0.5, 0.6) is 0 Å². The average molecular weight is 445 g/mol. The molecule has 1 N–H and O–H groups in total. The van der Waals surface area contributed by atoms with Gasteiger partial charge in [0.05, 0.1) is 0 Å². The number of hydrogen-bond acceptors (Lipinski definition) is 5. The zero-order valence-corrected chi connectivity index (χ0v) is 19.5. The van der Waals surface area contributed by atoms with E-state index < -0.39 is 10.0 Å². The second-order valence-corrected chi connectivity index (χ2v) is 10.3. The third kappa shape index (κ3) is 5.43. The molecule has 1 aliphatic rings. The Balaban J connectivity index is 1.62. The summed E-state index contributed by atoms with van der Waals surface area (Å²) in [5, 5.41) is 2.97. The fourth-order valence-electron chi connectivity index (χ4n) is 4.12. The molecule has 0 aliphatic carbocycles. The lowest BCUT2D eigenvalue weighted by molar-refractivity contribution is -0.120. The molecular formula is C23H32N4O3S. The fraction of sp³-hybridized carbons (Fsp3) is 0.478. The fourth-order valence-corrected chi connectivity index (χ4v) is 5.90. The number of hydrogen-bond donors (Lipinski definition) is 1. The predicted octanol–water partition coefficient (Wildman–Crippen LogP) is 3.74. The number of benzene rings is 1. The van der Waals surface area contributed by atoms with Gasteiger partial charge in [-0.15, -0.1) is 0 Å². The van der Waals surface area contributed by atoms with Crippen LogP contribution in [0.25, 0.3) is 0 Å². The summed E-state index contributed by atoms with van der Waals surface area (Å²) in [4.78, 5) is 19.3. The first kappa shape index (κ1) is 23.2. The second-order valence-electron chi connectivity index (χ2n) is 8.49. The quantitative estimate of drug-likeness (QED) is 0.703. The number of anilines is 2. The number of aromatic nitrogens is 1. The topological polar surface area (TPSA) is 82.6 Å². The summed E-state index contributed by atoms with van der Waals surface area (Å²) >= 11 is 0. The van der Waals surface area contributed by atoms with Gasteiger partial charge in [-0.3, -0.25) is 4.79 Å². The van der Waals surface area contributed by atoms with E-state index in [1.165, 1.54) is 10.5 Å². The number of carbonyl (C=O) groups excluding carboxylic acids is 1. The first-order valence-electron chi connectivity index (χ1n) is 10.8. The van der Waals surface area contributed by atoms with Gasteiger partial charge in [0.1, 0.15) is 10.7 Å². The SMILES string of the molecule is CC(C)N(C(C)C)S(=O)(=O)c1ccc(N2CCC(C(=O)Nc3ccccc3)CC2)nc1. The molecule has 1 aromatic heterocycles. The van der Waals surface area contributed by atoms with Crippen molar-refractivity contribution in [2.75, 3.05) is 23.3 Å². The van der Waals surface area contributed by atoms with E-state index in [0.717, 1.165) is 24.3 Å². The number of sulfonamides is 1. The molecule has 1 amide bonds. The van der Waals surface area contributed by atoms with E-state index in [9.17, 15) is 13.2 Å². The third-order valence-electron chi connectivity index (χ3n) is 5.55. The maximum atomic E-state index is 13.0. The standard InChI is InChI=1S/C23H32N4O3S/c1-17(2)27(18(3)4)31(29,30)21-10-11-22(24-16-21)26-14-12-19(13-15-26)23(28)25-20-8-6-5-7-9-20/h5-11,16-19H,12-15H2,1-4H3,(H,25,28). The van der Waals surface area contributed by atoms with E-state index >= 15 is 0 Å². The van der Waals surface area contributed by atoms with Gasteiger partial charge >= 0.3 is 0 Å². The molecule has 8 heteroatoms. The molecule has 1 aliphatic heterocycles. The van der Waals surface area contributed by atoms with Crippen LogP contribution in [0, 0.1) is 5.92 Å². The smallest absolute Gasteiger partial charge is 0.245 e. The lowest BCUT2D eigenvalue weighted by Crippen LogP contribution is -2.42. The van der Waals surface area contributed by atoms with Crippen molar-refractivity contribution < 1.29 is 13.2 Å². The van der Waals surface area contributed by atoms with Crippen LogP contribution in [0.4, 0.5) is 11.5 Å². The Hall–Kier alpha value is -2.45. The summed E-state index contributed by atoms with van der Waals surface area (Å²) in [5.74, 6) is 0.742. The Labute approximate surface area is 185 Å². The molecule has 1 fully saturated rings. The third-order valence-corrected chi connectivity index (χ3v) is 7.78. The van der Waals surface area contributed by atoms with E-state index in [-0.39, 0.29) is 28.8 Å². The van der Waals surface area contributed by atoms with E-state index in [1.807, 2.05) is 58.0 Å². The highest BCUT2D eigenvalue weighted by Crippen LogP contribution is 2.26. The number of pyridine rings is 1. The highest BCUT2D eigenvalue weighted by atomic mass is 32.2. The number of amides is 1. The second kappa shape index (κ2) is 9.78. The zero-order valence-electron chi connectivity index (χ0n) is 18.7. The maximum absolute atomic E-state index is 13.0. The van der Waals surface area contributed by atoms with Crippen LogP contribution in [0.2, 0.25) is 0 Å². The van der Waals surface area contributed by atoms with Crippen molar-refractivity contribution in [3.8, 4) is 0 Å². The van der Waals surface area contributed by atoms with Crippen LogP contribution < -0.4 is 10.2 Å². The van der Waals surface area contributed by atoms with Gasteiger partial charge in [0.15, 0.2) is 0 Å². The van der Waals surface area contributed by atoms with Crippen LogP contribution in [0.15, 0.2) is 53.6 Å². The molecule has 2 heterocycles. The Bertz CT molecular complexity index is 960. The Morgan fingerprint density at radius 1 is 1.03 bits per heavy atom. The average Bonchev–Trinajstić information content (AvgIpc) is 2.74. The van der Waals surface area contributed by atoms with Crippen molar-refractivity contribution in [2.45, 2.75) is 57.5 Å². The van der Waals surface area contributed by atoms with Gasteiger partial charge in [0.2, 0.25) is 15.9 Å². The molecule has 0 spiro atoms. The molecule has 0 saturated carbocycles. The molecule has 168 valence electrons. The molecule has 0 radical (unpaired) electrons. The molecule has 31 heavy (non-hydrogen) atoms. The summed E-state index contributed by atoms with van der Waals surface area (Å²) in [7, 11) is -3.60. The number of carbonyl (C=O) groups is 1. The summed E-state index contributed by atoms with van der Waals surface area (Å²) in [5.41, 5.74) is 0.810. The zero-order chi connectivity index (χ0) is 22.6. The largest absolute Gasteiger partial charge is 0.357 e. The van der Waals surface area contributed by atoms with Crippen molar-refractivity contribution in [3.63, 3.8) is 0 Å². The normalized spacial score (nSPS) is 15.6. The van der Waals surface area contributed by atoms with Crippen LogP contribution in [0.1, 0.15) is 40.5 Å². The number of nitrogens with one attached hydrogen (secondary N) is 1. The van der Waals surface area contributed by atoms with Crippen LogP contribution >= 0.6 is 0 Å². The van der Waals surface area contributed by atoms with Gasteiger partial charge in [0, 0.05) is 43.0 Å². The molecule has 0 unspecified atom stereocenters. The summed E-state index contributed by atoms with van der Waals surface area (Å²) in [6.45, 7) is 8.90. The maximum Gasteiger partial charge on any atom is 0.245 e. The van der Waals surface area contributed by atoms with Gasteiger partial charge in [-0.1, -0.05) is 18.2 Å². The van der Waals surface area contributed by atoms with Crippen LogP contribution in [0.3, 0.4) is 0 Å². The number of para-hydroxylation sites is 1. The highest BCUT2D eigenvalue weighted by molar-refractivity contribution is 7.89. The van der Waals surface area contributed by atoms with Crippen molar-refractivity contribution in [1.29, 1.82) is 0 Å². The van der Waals surface area contributed by atoms with Crippen molar-refractivity contribution in [1.82, 2.24) is 9.29 Å². The van der Waals surface area contributed by atoms with E-state index in [0.29, 0.717) is 13.1 Å². The Morgan fingerprint density at radius 3 is 2.16 bits per heavy atom. The molecular weight excluding hydrogens is 412 g/mol. The molecule has 7 nitrogen and oxygen atoms in total. The monoisotopic (exact) mass is 444 g/mol. The first-order chi connectivity index (χ1) is 14.7. The van der Waals surface area contributed by atoms with Crippen molar-refractivity contribution in [3.05, 3.63) is 48.7 Å². The molecule has 1 aromatic carbocycles. The van der Waals surface area contributed by atoms with Crippen LogP contribution in [-0.2, 0) is 14.8 Å². The lowest BCUT2D eigenvalue weighted by atomic mass is 9.96. The minimum atomic E-state index is -3.60. The van der Waals surface area contributed by atoms with Crippen LogP contribution in [-0.4, -0.2) is 48.8 Å². The van der Waals surface area contributed by atoms with E-state index in [2.05, 4.69) is 15.2 Å². The summed E-state index contributed by atoms with van der Waals surface area (Å²) in [6, 6.07) is 12.6. The molecule has 1 saturated heterocycles. The number of piperidine rings is 1. The number of nitrogens with zero attached hydrogens (tertiary/aromatic N) is 3. The van der Waals surface area contributed by atoms with Gasteiger partial charge in [0.25, 0.3) is 0 Å². The molecule has 0 bridgehead atoms. The Morgan fingerprint density at radius 2 is 1.65 bits per heavy atom. The van der Waals surface area contributed by atoms with Gasteiger partial charge in [-0.05, 0) is 64.8 Å². The van der Waals surface area contributed by atoms with E-state index in [1.54, 1.807) is 12.1 Å². The summed E-state index contributed by atoms with van der Waals surface area (Å²) in [6.07, 6.45) is 2.90. The minimum absolute atomic E-state index is 0.0400. The van der Waals surface area contributed by atoms with Crippen molar-refractivity contribution in [2.24, 2.45) is 5.92 Å². The van der Waals surface area contributed by atoms with E-state index in [4.69, 9.17) is 0 Å². The highest BCUT2D eigenvalue weighted by Gasteiger charge is 2.30.